The number of amides is 6. The number of ether oxygens (including phenoxy) is 8. The van der Waals surface area contributed by atoms with Crippen molar-refractivity contribution in [3.8, 4) is 46.0 Å². The van der Waals surface area contributed by atoms with Crippen molar-refractivity contribution in [1.82, 2.24) is 19.6 Å². The van der Waals surface area contributed by atoms with Crippen LogP contribution in [0.5, 0.6) is 46.0 Å². The number of carbonyl (C=O) groups excluding carboxylic acids is 6. The summed E-state index contributed by atoms with van der Waals surface area (Å²) in [6, 6.07) is 26.2. The van der Waals surface area contributed by atoms with E-state index in [9.17, 15) is 0 Å². The maximum atomic E-state index is 17.0. The highest BCUT2D eigenvalue weighted by Gasteiger charge is 2.50. The summed E-state index contributed by atoms with van der Waals surface area (Å²) in [5, 5.41) is 1.78. The second-order valence-electron chi connectivity index (χ2n) is 32.7. The van der Waals surface area contributed by atoms with Crippen LogP contribution in [0.25, 0.3) is 43.1 Å². The summed E-state index contributed by atoms with van der Waals surface area (Å²) in [6.45, 7) is 22.4. The Morgan fingerprint density at radius 3 is 0.651 bits per heavy atom. The second-order valence-corrected chi connectivity index (χ2v) is 44.2. The molecular weight excluding hydrogens is 1690 g/mol. The minimum Gasteiger partial charge on any atom is -0.457 e. The van der Waals surface area contributed by atoms with E-state index < -0.39 is 82.7 Å². The summed E-state index contributed by atoms with van der Waals surface area (Å²) in [4.78, 5) is 106. The van der Waals surface area contributed by atoms with Gasteiger partial charge in [-0.3, -0.25) is 38.6 Å². The van der Waals surface area contributed by atoms with E-state index >= 15 is 28.8 Å². The summed E-state index contributed by atoms with van der Waals surface area (Å²) < 4.78 is 123. The number of benzene rings is 9. The molecule has 34 heteroatoms. The lowest BCUT2D eigenvalue weighted by molar-refractivity contribution is -0.138. The fraction of sp³-hybridized carbons (Fsp3) is 0.457. The Labute approximate surface area is 741 Å². The Morgan fingerprint density at radius 1 is 0.286 bits per heavy atom. The van der Waals surface area contributed by atoms with E-state index in [0.29, 0.717) is 23.0 Å². The SMILES string of the molecule is CO[Si](COCCN(CCOC[Si](OC)(OC)OC)C(=O)C(CC(C)C)N1C(=O)c2cc(Oc3cc(C)cc(C)c3)c3c4c(Oc5cc(C)cc(C)c5)cc5c6c(cc(Oc7cc(C)cc(C)c7)c(c7c(Oc8cc(C)cc(C)c8)cc(c2c37)C1=O)c64)C(=O)N(C(CC(C)C)C(=O)N(CCOC[Si](OC)(OC)OC)CCOC[Si](OC)(OC)OC)C5=O)(OC)OC. The van der Waals surface area contributed by atoms with Gasteiger partial charge < -0.3 is 101 Å². The van der Waals surface area contributed by atoms with E-state index in [1.165, 1.54) is 95.1 Å². The van der Waals surface area contributed by atoms with Gasteiger partial charge in [-0.05, 0) is 197 Å². The largest absolute Gasteiger partial charge is 0.527 e. The van der Waals surface area contributed by atoms with Gasteiger partial charge in [-0.1, -0.05) is 52.0 Å². The van der Waals surface area contributed by atoms with Crippen LogP contribution in [-0.2, 0) is 81.6 Å². The number of aryl methyl sites for hydroxylation is 8. The first-order chi connectivity index (χ1) is 60.1. The zero-order valence-electron chi connectivity index (χ0n) is 76.8. The van der Waals surface area contributed by atoms with Crippen LogP contribution in [0.3, 0.4) is 0 Å². The first-order valence-electron chi connectivity index (χ1n) is 41.8. The fourth-order valence-electron chi connectivity index (χ4n) is 16.7. The Morgan fingerprint density at radius 2 is 0.476 bits per heavy atom. The maximum absolute atomic E-state index is 17.0. The third kappa shape index (κ3) is 20.9. The molecule has 30 nitrogen and oxygen atoms in total. The standard InChI is InChI=1S/C92H120N4O26Si4/c1-55(2)33-73(91(101)93(25-29-115-51-123(103-13,104-14)105-15)26-30-116-52-124(106-16,107-17)108-18)95-87(97)69-47-75(119-65-39-57(5)35-58(6)40-65)81-83-77(121-67-43-61(9)37-62(10)44-67)49-71-80-72(90(100)96(89(71)99)74(34-56(3)4)92(102)94(27-31-117-53-125(109-19,110-20)111-21)28-32-118-54-126(112-22,113-23)114-24)50-78(122-68-45-63(11)38-64(12)46-68)84(86(80)83)82-76(48-70(88(95)98)79(69)85(81)82)120-66-41-59(7)36-60(8)42-66/h35-50,55-56,73-74H,25-34,51-54H2,1-24H3. The number of hydrogen-bond donors (Lipinski definition) is 0. The molecule has 0 saturated heterocycles. The van der Waals surface area contributed by atoms with Crippen LogP contribution >= 0.6 is 0 Å². The minimum absolute atomic E-state index is 0.0217. The van der Waals surface area contributed by atoms with Gasteiger partial charge in [0, 0.05) is 155 Å². The van der Waals surface area contributed by atoms with Gasteiger partial charge in [-0.2, -0.15) is 0 Å². The lowest BCUT2D eigenvalue weighted by Crippen LogP contribution is -2.56. The van der Waals surface area contributed by atoms with E-state index in [2.05, 4.69) is 0 Å². The van der Waals surface area contributed by atoms with Gasteiger partial charge >= 0.3 is 35.2 Å². The third-order valence-corrected chi connectivity index (χ3v) is 32.4. The van der Waals surface area contributed by atoms with Crippen LogP contribution in [0.1, 0.15) is 126 Å². The molecule has 680 valence electrons. The molecule has 0 bridgehead atoms. The highest BCUT2D eigenvalue weighted by Crippen LogP contribution is 2.59. The molecule has 2 aliphatic heterocycles. The summed E-state index contributed by atoms with van der Waals surface area (Å²) in [5.74, 6) is -3.67. The highest BCUT2D eigenvalue weighted by atomic mass is 28.4. The Kier molecular flexibility index (Phi) is 32.5. The minimum atomic E-state index is -3.32. The Balaban J connectivity index is 1.24. The van der Waals surface area contributed by atoms with Gasteiger partial charge in [0.15, 0.2) is 0 Å². The number of nitrogens with zero attached hydrogens (tertiary/aromatic N) is 4. The van der Waals surface area contributed by atoms with Crippen LogP contribution in [-0.4, -0.2) is 265 Å². The van der Waals surface area contributed by atoms with Crippen molar-refractivity contribution >= 4 is 114 Å². The van der Waals surface area contributed by atoms with Crippen LogP contribution in [0, 0.1) is 67.2 Å². The van der Waals surface area contributed by atoms with Crippen molar-refractivity contribution in [2.75, 3.05) is 163 Å². The molecule has 11 rings (SSSR count). The van der Waals surface area contributed by atoms with E-state index in [0.717, 1.165) is 54.3 Å². The molecule has 0 radical (unpaired) electrons. The van der Waals surface area contributed by atoms with Gasteiger partial charge in [-0.15, -0.1) is 0 Å². The molecule has 0 saturated carbocycles. The van der Waals surface area contributed by atoms with Gasteiger partial charge in [0.25, 0.3) is 23.6 Å². The molecule has 2 atom stereocenters. The molecule has 6 amide bonds. The van der Waals surface area contributed by atoms with Crippen molar-refractivity contribution in [2.45, 2.75) is 108 Å². The molecule has 2 heterocycles. The number of imide groups is 2. The normalized spacial score (nSPS) is 13.9. The second kappa shape index (κ2) is 42.0. The Hall–Kier alpha value is -9.07. The maximum Gasteiger partial charge on any atom is 0.527 e. The van der Waals surface area contributed by atoms with Gasteiger partial charge in [0.05, 0.1) is 48.7 Å². The first kappa shape index (κ1) is 97.5. The molecule has 2 aliphatic rings. The molecular formula is C92H120N4O26Si4. The molecule has 0 aromatic heterocycles. The summed E-state index contributed by atoms with van der Waals surface area (Å²) >= 11 is 0. The lowest BCUT2D eigenvalue weighted by Gasteiger charge is -2.38. The van der Waals surface area contributed by atoms with Crippen molar-refractivity contribution in [3.63, 3.8) is 0 Å². The quantitative estimate of drug-likeness (QED) is 0.0112. The van der Waals surface area contributed by atoms with Gasteiger partial charge in [0.2, 0.25) is 11.8 Å². The average molecular weight is 1810 g/mol. The number of hydrogen-bond acceptors (Lipinski definition) is 26. The molecule has 0 fully saturated rings. The van der Waals surface area contributed by atoms with E-state index in [-0.39, 0.29) is 191 Å². The molecule has 0 spiro atoms. The fourth-order valence-corrected chi connectivity index (χ4v) is 21.7. The van der Waals surface area contributed by atoms with E-state index in [1.54, 1.807) is 24.3 Å². The summed E-state index contributed by atoms with van der Waals surface area (Å²) in [6.07, 6.45) is -0.376. The smallest absolute Gasteiger partial charge is 0.457 e. The summed E-state index contributed by atoms with van der Waals surface area (Å²) in [5.41, 5.74) is 6.48. The van der Waals surface area contributed by atoms with Gasteiger partial charge in [0.1, 0.15) is 83.0 Å². The molecule has 126 heavy (non-hydrogen) atoms. The van der Waals surface area contributed by atoms with Crippen LogP contribution in [0.15, 0.2) is 97.1 Å². The van der Waals surface area contributed by atoms with Crippen molar-refractivity contribution in [3.05, 3.63) is 164 Å². The summed E-state index contributed by atoms with van der Waals surface area (Å²) in [7, 11) is 4.27. The van der Waals surface area contributed by atoms with E-state index in [1.807, 2.05) is 156 Å². The molecule has 2 unspecified atom stereocenters. The van der Waals surface area contributed by atoms with Crippen molar-refractivity contribution < 1.29 is 120 Å². The monoisotopic (exact) mass is 1810 g/mol. The zero-order valence-corrected chi connectivity index (χ0v) is 80.8. The molecule has 9 aromatic carbocycles. The van der Waals surface area contributed by atoms with E-state index in [4.69, 9.17) is 91.0 Å². The van der Waals surface area contributed by atoms with Gasteiger partial charge in [-0.25, -0.2) is 0 Å². The van der Waals surface area contributed by atoms with Crippen molar-refractivity contribution in [2.24, 2.45) is 11.8 Å². The zero-order chi connectivity index (χ0) is 91.6. The average Bonchev–Trinajstić information content (AvgIpc) is 0.669. The molecule has 0 aliphatic carbocycles. The predicted octanol–water partition coefficient (Wildman–Crippen LogP) is 14.8. The highest BCUT2D eigenvalue weighted by molar-refractivity contribution is 6.61. The molecule has 0 N–H and O–H groups in total. The van der Waals surface area contributed by atoms with Crippen LogP contribution in [0.2, 0.25) is 0 Å². The van der Waals surface area contributed by atoms with Crippen molar-refractivity contribution in [1.29, 1.82) is 0 Å². The van der Waals surface area contributed by atoms with Crippen LogP contribution in [0.4, 0.5) is 0 Å². The number of carbonyl (C=O) groups is 6. The topological polar surface area (TPSA) is 300 Å². The van der Waals surface area contributed by atoms with Crippen LogP contribution < -0.4 is 18.9 Å². The Bertz CT molecular complexity index is 4730. The lowest BCUT2D eigenvalue weighted by atomic mass is 9.80. The first-order valence-corrected chi connectivity index (χ1v) is 49.5. The number of fused-ring (bicyclic) bond motifs is 2. The molecule has 9 aromatic rings. The predicted molar refractivity (Wildman–Crippen MR) is 483 cm³/mol. The third-order valence-electron chi connectivity index (χ3n) is 22.7. The number of rotatable bonds is 48.